The number of rotatable bonds is 3. The summed E-state index contributed by atoms with van der Waals surface area (Å²) in [7, 11) is 0. The van der Waals surface area contributed by atoms with Crippen LogP contribution in [-0.2, 0) is 13.0 Å². The maximum Gasteiger partial charge on any atom is 0.317 e. The molecule has 1 N–H and O–H groups in total. The maximum atomic E-state index is 13.8. The van der Waals surface area contributed by atoms with Gasteiger partial charge in [0.2, 0.25) is 0 Å². The second-order valence-electron chi connectivity index (χ2n) is 7.04. The average molecular weight is 358 g/mol. The van der Waals surface area contributed by atoms with Crippen molar-refractivity contribution in [2.45, 2.75) is 32.4 Å². The maximum absolute atomic E-state index is 13.8. The van der Waals surface area contributed by atoms with Crippen LogP contribution in [0.3, 0.4) is 0 Å². The summed E-state index contributed by atoms with van der Waals surface area (Å²) in [6.45, 7) is 5.56. The molecule has 1 aliphatic heterocycles. The zero-order chi connectivity index (χ0) is 18.1. The van der Waals surface area contributed by atoms with Crippen LogP contribution >= 0.6 is 0 Å². The molecule has 2 aromatic rings. The molecule has 7 heteroatoms. The van der Waals surface area contributed by atoms with E-state index in [1.54, 1.807) is 6.07 Å². The molecule has 4 rings (SSSR count). The van der Waals surface area contributed by atoms with Crippen molar-refractivity contribution in [3.05, 3.63) is 52.7 Å². The lowest BCUT2D eigenvalue weighted by atomic mass is 10.1. The number of nitrogens with one attached hydrogen (secondary N) is 1. The number of benzene rings is 1. The van der Waals surface area contributed by atoms with Gasteiger partial charge >= 0.3 is 6.03 Å². The summed E-state index contributed by atoms with van der Waals surface area (Å²) in [6, 6.07) is 6.89. The van der Waals surface area contributed by atoms with Gasteiger partial charge < -0.3 is 14.7 Å². The molecule has 1 fully saturated rings. The fourth-order valence-corrected chi connectivity index (χ4v) is 3.83. The SMILES string of the molecule is Cc1cc(CN2CCN(C(=O)NC3CCc4c(F)cccc43)CC2)no1. The highest BCUT2D eigenvalue weighted by Crippen LogP contribution is 2.32. The van der Waals surface area contributed by atoms with Crippen LogP contribution < -0.4 is 5.32 Å². The van der Waals surface area contributed by atoms with Gasteiger partial charge in [-0.15, -0.1) is 0 Å². The molecule has 1 aliphatic carbocycles. The molecular formula is C19H23FN4O2. The van der Waals surface area contributed by atoms with Gasteiger partial charge in [-0.1, -0.05) is 17.3 Å². The van der Waals surface area contributed by atoms with E-state index in [0.29, 0.717) is 19.5 Å². The lowest BCUT2D eigenvalue weighted by Crippen LogP contribution is -2.51. The number of aryl methyl sites for hydroxylation is 1. The van der Waals surface area contributed by atoms with Crippen LogP contribution in [0.5, 0.6) is 0 Å². The number of carbonyl (C=O) groups excluding carboxylic acids is 1. The van der Waals surface area contributed by atoms with Gasteiger partial charge in [-0.3, -0.25) is 4.90 Å². The molecule has 1 unspecified atom stereocenters. The number of amides is 2. The van der Waals surface area contributed by atoms with Gasteiger partial charge in [-0.25, -0.2) is 9.18 Å². The van der Waals surface area contributed by atoms with Crippen LogP contribution in [0.2, 0.25) is 0 Å². The number of hydrogen-bond donors (Lipinski definition) is 1. The van der Waals surface area contributed by atoms with E-state index in [4.69, 9.17) is 4.52 Å². The quantitative estimate of drug-likeness (QED) is 0.916. The Balaban J connectivity index is 1.30. The Morgan fingerprint density at radius 1 is 1.35 bits per heavy atom. The molecule has 138 valence electrons. The van der Waals surface area contributed by atoms with Crippen LogP contribution in [0.25, 0.3) is 0 Å². The molecule has 6 nitrogen and oxygen atoms in total. The molecule has 1 atom stereocenters. The zero-order valence-corrected chi connectivity index (χ0v) is 14.9. The molecule has 2 aliphatic rings. The van der Waals surface area contributed by atoms with Gasteiger partial charge in [0, 0.05) is 38.8 Å². The Bertz CT molecular complexity index is 799. The fraction of sp³-hybridized carbons (Fsp3) is 0.474. The standard InChI is InChI=1S/C19H23FN4O2/c1-13-11-14(22-26-13)12-23-7-9-24(10-8-23)19(25)21-18-6-5-15-16(18)3-2-4-17(15)20/h2-4,11,18H,5-10,12H2,1H3,(H,21,25). The van der Waals surface area contributed by atoms with Crippen molar-refractivity contribution in [1.82, 2.24) is 20.3 Å². The van der Waals surface area contributed by atoms with Crippen LogP contribution in [-0.4, -0.2) is 47.2 Å². The number of hydrogen-bond acceptors (Lipinski definition) is 4. The van der Waals surface area contributed by atoms with Gasteiger partial charge in [0.1, 0.15) is 11.6 Å². The summed E-state index contributed by atoms with van der Waals surface area (Å²) in [6.07, 6.45) is 1.44. The first-order chi connectivity index (χ1) is 12.6. The first kappa shape index (κ1) is 17.0. The highest BCUT2D eigenvalue weighted by Gasteiger charge is 2.29. The fourth-order valence-electron chi connectivity index (χ4n) is 3.83. The Labute approximate surface area is 151 Å². The van der Waals surface area contributed by atoms with Gasteiger partial charge in [-0.2, -0.15) is 0 Å². The van der Waals surface area contributed by atoms with E-state index in [-0.39, 0.29) is 17.9 Å². The van der Waals surface area contributed by atoms with Crippen LogP contribution in [0.1, 0.15) is 35.0 Å². The van der Waals surface area contributed by atoms with E-state index < -0.39 is 0 Å². The van der Waals surface area contributed by atoms with E-state index in [1.807, 2.05) is 24.0 Å². The van der Waals surface area contributed by atoms with Gasteiger partial charge in [0.05, 0.1) is 11.7 Å². The van der Waals surface area contributed by atoms with Gasteiger partial charge in [0.15, 0.2) is 0 Å². The third-order valence-corrected chi connectivity index (χ3v) is 5.23. The van der Waals surface area contributed by atoms with E-state index in [1.165, 1.54) is 6.07 Å². The average Bonchev–Trinajstić information content (AvgIpc) is 3.23. The molecule has 0 bridgehead atoms. The Morgan fingerprint density at radius 3 is 2.88 bits per heavy atom. The number of carbonyl (C=O) groups is 1. The van der Waals surface area contributed by atoms with Crippen LogP contribution in [0, 0.1) is 12.7 Å². The third kappa shape index (κ3) is 3.44. The van der Waals surface area contributed by atoms with E-state index in [0.717, 1.165) is 48.6 Å². The summed E-state index contributed by atoms with van der Waals surface area (Å²) >= 11 is 0. The highest BCUT2D eigenvalue weighted by atomic mass is 19.1. The number of piperazine rings is 1. The summed E-state index contributed by atoms with van der Waals surface area (Å²) in [5.74, 6) is 0.641. The van der Waals surface area contributed by atoms with Gasteiger partial charge in [0.25, 0.3) is 0 Å². The van der Waals surface area contributed by atoms with E-state index >= 15 is 0 Å². The molecule has 1 saturated heterocycles. The Kier molecular flexibility index (Phi) is 4.63. The smallest absolute Gasteiger partial charge is 0.317 e. The normalized spacial score (nSPS) is 20.2. The minimum atomic E-state index is -0.170. The van der Waals surface area contributed by atoms with E-state index in [2.05, 4.69) is 15.4 Å². The number of halogens is 1. The zero-order valence-electron chi connectivity index (χ0n) is 14.9. The number of aromatic nitrogens is 1. The second-order valence-corrected chi connectivity index (χ2v) is 7.04. The lowest BCUT2D eigenvalue weighted by molar-refractivity contribution is 0.131. The monoisotopic (exact) mass is 358 g/mol. The van der Waals surface area contributed by atoms with E-state index in [9.17, 15) is 9.18 Å². The van der Waals surface area contributed by atoms with Crippen LogP contribution in [0.4, 0.5) is 9.18 Å². The molecular weight excluding hydrogens is 335 g/mol. The number of fused-ring (bicyclic) bond motifs is 1. The van der Waals surface area contributed by atoms with Crippen molar-refractivity contribution in [3.63, 3.8) is 0 Å². The Hall–Kier alpha value is -2.41. The first-order valence-corrected chi connectivity index (χ1v) is 9.07. The first-order valence-electron chi connectivity index (χ1n) is 9.07. The molecule has 0 radical (unpaired) electrons. The molecule has 2 amide bonds. The molecule has 0 spiro atoms. The minimum Gasteiger partial charge on any atom is -0.361 e. The predicted octanol–water partition coefficient (Wildman–Crippen LogP) is 2.64. The second kappa shape index (κ2) is 7.07. The largest absolute Gasteiger partial charge is 0.361 e. The predicted molar refractivity (Wildman–Crippen MR) is 94.1 cm³/mol. The molecule has 1 aromatic heterocycles. The summed E-state index contributed by atoms with van der Waals surface area (Å²) in [5, 5.41) is 7.10. The van der Waals surface area contributed by atoms with Crippen molar-refractivity contribution < 1.29 is 13.7 Å². The molecule has 2 heterocycles. The number of urea groups is 1. The molecule has 1 aromatic carbocycles. The minimum absolute atomic E-state index is 0.0657. The topological polar surface area (TPSA) is 61.6 Å². The van der Waals surface area contributed by atoms with Crippen LogP contribution in [0.15, 0.2) is 28.8 Å². The van der Waals surface area contributed by atoms with Crippen molar-refractivity contribution in [2.75, 3.05) is 26.2 Å². The van der Waals surface area contributed by atoms with Crippen molar-refractivity contribution >= 4 is 6.03 Å². The summed E-state index contributed by atoms with van der Waals surface area (Å²) in [5.41, 5.74) is 2.58. The Morgan fingerprint density at radius 2 is 2.15 bits per heavy atom. The van der Waals surface area contributed by atoms with Crippen molar-refractivity contribution in [3.8, 4) is 0 Å². The van der Waals surface area contributed by atoms with Gasteiger partial charge in [-0.05, 0) is 37.0 Å². The molecule has 0 saturated carbocycles. The number of nitrogens with zero attached hydrogens (tertiary/aromatic N) is 3. The summed E-state index contributed by atoms with van der Waals surface area (Å²) in [4.78, 5) is 16.7. The third-order valence-electron chi connectivity index (χ3n) is 5.23. The van der Waals surface area contributed by atoms with Crippen molar-refractivity contribution in [2.24, 2.45) is 0 Å². The molecule has 26 heavy (non-hydrogen) atoms. The lowest BCUT2D eigenvalue weighted by Gasteiger charge is -2.34. The highest BCUT2D eigenvalue weighted by molar-refractivity contribution is 5.75. The summed E-state index contributed by atoms with van der Waals surface area (Å²) < 4.78 is 18.9. The van der Waals surface area contributed by atoms with Crippen molar-refractivity contribution in [1.29, 1.82) is 0 Å².